The van der Waals surface area contributed by atoms with Gasteiger partial charge in [-0.25, -0.2) is 0 Å². The maximum atomic E-state index is 10.5. The first kappa shape index (κ1) is 21.4. The van der Waals surface area contributed by atoms with Crippen LogP contribution < -0.4 is 9.64 Å². The lowest BCUT2D eigenvalue weighted by atomic mass is 9.71. The second-order valence-corrected chi connectivity index (χ2v) is 9.51. The van der Waals surface area contributed by atoms with Crippen molar-refractivity contribution in [2.75, 3.05) is 51.3 Å². The van der Waals surface area contributed by atoms with Crippen LogP contribution >= 0.6 is 0 Å². The molecule has 0 radical (unpaired) electrons. The number of β-amino-alcohol motifs (C(OH)–C–C–N with tert-alkyl or cyclic N) is 1. The van der Waals surface area contributed by atoms with Crippen molar-refractivity contribution in [1.82, 2.24) is 4.90 Å². The molecule has 1 aliphatic carbocycles. The highest BCUT2D eigenvalue weighted by Crippen LogP contribution is 2.39. The molecule has 2 aliphatic rings. The summed E-state index contributed by atoms with van der Waals surface area (Å²) in [4.78, 5) is 4.74. The lowest BCUT2D eigenvalue weighted by molar-refractivity contribution is -0.0615. The minimum atomic E-state index is -0.409. The Morgan fingerprint density at radius 2 is 1.79 bits per heavy atom. The second-order valence-electron chi connectivity index (χ2n) is 9.51. The Morgan fingerprint density at radius 1 is 1.11 bits per heavy atom. The zero-order valence-electron chi connectivity index (χ0n) is 18.1. The van der Waals surface area contributed by atoms with E-state index in [0.717, 1.165) is 44.8 Å². The van der Waals surface area contributed by atoms with Gasteiger partial charge in [0, 0.05) is 38.4 Å². The number of rotatable bonds is 7. The van der Waals surface area contributed by atoms with Gasteiger partial charge < -0.3 is 19.5 Å². The smallest absolute Gasteiger partial charge is 0.119 e. The molecular formula is C23H38N2O3. The lowest BCUT2D eigenvalue weighted by Crippen LogP contribution is -2.49. The summed E-state index contributed by atoms with van der Waals surface area (Å²) >= 11 is 0. The van der Waals surface area contributed by atoms with E-state index in [4.69, 9.17) is 9.47 Å². The minimum absolute atomic E-state index is 0.292. The van der Waals surface area contributed by atoms with Gasteiger partial charge >= 0.3 is 0 Å². The zero-order valence-corrected chi connectivity index (χ0v) is 18.1. The van der Waals surface area contributed by atoms with Crippen LogP contribution in [0.25, 0.3) is 0 Å². The monoisotopic (exact) mass is 390 g/mol. The van der Waals surface area contributed by atoms with E-state index in [1.54, 1.807) is 7.11 Å². The predicted molar refractivity (Wildman–Crippen MR) is 114 cm³/mol. The van der Waals surface area contributed by atoms with Gasteiger partial charge in [-0.1, -0.05) is 20.8 Å². The zero-order chi connectivity index (χ0) is 20.1. The highest BCUT2D eigenvalue weighted by atomic mass is 16.5. The Balaban J connectivity index is 1.38. The molecule has 0 aromatic heterocycles. The summed E-state index contributed by atoms with van der Waals surface area (Å²) in [6.07, 6.45) is 3.38. The van der Waals surface area contributed by atoms with Crippen molar-refractivity contribution >= 4 is 5.69 Å². The Morgan fingerprint density at radius 3 is 2.39 bits per heavy atom. The van der Waals surface area contributed by atoms with E-state index in [1.807, 2.05) is 12.1 Å². The molecule has 158 valence electrons. The molecule has 0 unspecified atom stereocenters. The number of nitrogens with zero attached hydrogens (tertiary/aromatic N) is 2. The summed E-state index contributed by atoms with van der Waals surface area (Å²) in [6, 6.07) is 8.25. The second kappa shape index (κ2) is 9.47. The number of ether oxygens (including phenoxy) is 2. The number of benzene rings is 1. The SMILES string of the molecule is COc1ccc(N2CCN(C[C@H](O)CO[C@H]3C[C@@H](C)CC(C)(C)C3)CC2)cc1. The number of hydrogen-bond donors (Lipinski definition) is 1. The van der Waals surface area contributed by atoms with Crippen molar-refractivity contribution in [3.05, 3.63) is 24.3 Å². The molecule has 28 heavy (non-hydrogen) atoms. The average Bonchev–Trinajstić information content (AvgIpc) is 2.66. The number of piperazine rings is 1. The maximum absolute atomic E-state index is 10.5. The third kappa shape index (κ3) is 6.10. The summed E-state index contributed by atoms with van der Waals surface area (Å²) < 4.78 is 11.3. The fourth-order valence-electron chi connectivity index (χ4n) is 4.96. The number of hydrogen-bond acceptors (Lipinski definition) is 5. The molecule has 0 amide bonds. The molecule has 3 atom stereocenters. The first-order chi connectivity index (χ1) is 13.3. The van der Waals surface area contributed by atoms with Crippen LogP contribution in [-0.2, 0) is 4.74 Å². The molecule has 2 fully saturated rings. The number of methoxy groups -OCH3 is 1. The van der Waals surface area contributed by atoms with E-state index in [1.165, 1.54) is 12.1 Å². The van der Waals surface area contributed by atoms with Crippen LogP contribution in [0.5, 0.6) is 5.75 Å². The largest absolute Gasteiger partial charge is 0.497 e. The standard InChI is InChI=1S/C23H38N2O3/c1-18-13-22(15-23(2,3)14-18)28-17-20(26)16-24-9-11-25(12-10-24)19-5-7-21(27-4)8-6-19/h5-8,18,20,22,26H,9-17H2,1-4H3/t18-,20+,22+/m1/s1. The third-order valence-corrected chi connectivity index (χ3v) is 6.15. The molecule has 0 spiro atoms. The first-order valence-electron chi connectivity index (χ1n) is 10.8. The predicted octanol–water partition coefficient (Wildman–Crippen LogP) is 3.41. The summed E-state index contributed by atoms with van der Waals surface area (Å²) in [5, 5.41) is 10.5. The van der Waals surface area contributed by atoms with Gasteiger partial charge in [0.25, 0.3) is 0 Å². The summed E-state index contributed by atoms with van der Waals surface area (Å²) in [5.41, 5.74) is 1.59. The van der Waals surface area contributed by atoms with E-state index >= 15 is 0 Å². The Bertz CT molecular complexity index is 596. The van der Waals surface area contributed by atoms with Crippen LogP contribution in [-0.4, -0.2) is 68.7 Å². The van der Waals surface area contributed by atoms with Crippen LogP contribution in [0.3, 0.4) is 0 Å². The maximum Gasteiger partial charge on any atom is 0.119 e. The molecule has 1 aromatic carbocycles. The lowest BCUT2D eigenvalue weighted by Gasteiger charge is -2.39. The van der Waals surface area contributed by atoms with Gasteiger partial charge in [0.1, 0.15) is 5.75 Å². The highest BCUT2D eigenvalue weighted by Gasteiger charge is 2.32. The number of aliphatic hydroxyl groups excluding tert-OH is 1. The molecule has 1 aromatic rings. The molecule has 1 saturated carbocycles. The van der Waals surface area contributed by atoms with E-state index < -0.39 is 6.10 Å². The van der Waals surface area contributed by atoms with Crippen LogP contribution in [0.2, 0.25) is 0 Å². The van der Waals surface area contributed by atoms with E-state index in [0.29, 0.717) is 30.6 Å². The van der Waals surface area contributed by atoms with Crippen LogP contribution in [0.1, 0.15) is 40.0 Å². The van der Waals surface area contributed by atoms with Gasteiger partial charge in [0.2, 0.25) is 0 Å². The van der Waals surface area contributed by atoms with E-state index in [9.17, 15) is 5.11 Å². The van der Waals surface area contributed by atoms with Gasteiger partial charge in [-0.3, -0.25) is 4.90 Å². The molecule has 1 heterocycles. The van der Waals surface area contributed by atoms with E-state index in [2.05, 4.69) is 42.7 Å². The Hall–Kier alpha value is -1.30. The van der Waals surface area contributed by atoms with Crippen LogP contribution in [0.15, 0.2) is 24.3 Å². The number of aliphatic hydroxyl groups is 1. The minimum Gasteiger partial charge on any atom is -0.497 e. The van der Waals surface area contributed by atoms with Crippen LogP contribution in [0, 0.1) is 11.3 Å². The molecule has 1 saturated heterocycles. The van der Waals surface area contributed by atoms with E-state index in [-0.39, 0.29) is 0 Å². The third-order valence-electron chi connectivity index (χ3n) is 6.15. The molecule has 5 heteroatoms. The molecular weight excluding hydrogens is 352 g/mol. The topological polar surface area (TPSA) is 45.2 Å². The fourth-order valence-corrected chi connectivity index (χ4v) is 4.96. The van der Waals surface area contributed by atoms with Gasteiger partial charge in [-0.05, 0) is 54.9 Å². The van der Waals surface area contributed by atoms with Crippen molar-refractivity contribution in [3.63, 3.8) is 0 Å². The fraction of sp³-hybridized carbons (Fsp3) is 0.739. The van der Waals surface area contributed by atoms with Gasteiger partial charge in [-0.2, -0.15) is 0 Å². The van der Waals surface area contributed by atoms with Crippen molar-refractivity contribution in [2.24, 2.45) is 11.3 Å². The quantitative estimate of drug-likeness (QED) is 0.773. The first-order valence-corrected chi connectivity index (χ1v) is 10.8. The molecule has 1 N–H and O–H groups in total. The van der Waals surface area contributed by atoms with Crippen molar-refractivity contribution in [1.29, 1.82) is 0 Å². The van der Waals surface area contributed by atoms with Crippen molar-refractivity contribution < 1.29 is 14.6 Å². The van der Waals surface area contributed by atoms with Crippen molar-refractivity contribution in [2.45, 2.75) is 52.2 Å². The molecule has 5 nitrogen and oxygen atoms in total. The summed E-state index contributed by atoms with van der Waals surface area (Å²) in [6.45, 7) is 12.0. The Kier molecular flexibility index (Phi) is 7.24. The van der Waals surface area contributed by atoms with Crippen molar-refractivity contribution in [3.8, 4) is 5.75 Å². The molecule has 0 bridgehead atoms. The van der Waals surface area contributed by atoms with Gasteiger partial charge in [0.15, 0.2) is 0 Å². The summed E-state index contributed by atoms with van der Waals surface area (Å²) in [5.74, 6) is 1.60. The molecule has 1 aliphatic heterocycles. The van der Waals surface area contributed by atoms with Gasteiger partial charge in [0.05, 0.1) is 25.9 Å². The van der Waals surface area contributed by atoms with Crippen LogP contribution in [0.4, 0.5) is 5.69 Å². The van der Waals surface area contributed by atoms with Gasteiger partial charge in [-0.15, -0.1) is 0 Å². The number of anilines is 1. The highest BCUT2D eigenvalue weighted by molar-refractivity contribution is 5.49. The normalized spacial score (nSPS) is 26.8. The Labute approximate surface area is 170 Å². The summed E-state index contributed by atoms with van der Waals surface area (Å²) in [7, 11) is 1.69. The average molecular weight is 391 g/mol. The molecule has 3 rings (SSSR count).